The summed E-state index contributed by atoms with van der Waals surface area (Å²) in [5, 5.41) is 2.83. The molecule has 0 aliphatic rings. The van der Waals surface area contributed by atoms with E-state index in [0.717, 1.165) is 0 Å². The smallest absolute Gasteiger partial charge is 0.292 e. The van der Waals surface area contributed by atoms with E-state index in [2.05, 4.69) is 10.3 Å². The predicted molar refractivity (Wildman–Crippen MR) is 79.6 cm³/mol. The van der Waals surface area contributed by atoms with Crippen LogP contribution in [0.3, 0.4) is 0 Å². The third kappa shape index (κ3) is 1.98. The van der Waals surface area contributed by atoms with Crippen LogP contribution in [0.1, 0.15) is 10.6 Å². The van der Waals surface area contributed by atoms with Crippen LogP contribution in [0.15, 0.2) is 70.0 Å². The average Bonchev–Trinajstić information content (AvgIpc) is 3.28. The van der Waals surface area contributed by atoms with Crippen molar-refractivity contribution < 1.29 is 13.6 Å². The first-order valence-corrected chi connectivity index (χ1v) is 6.69. The monoisotopic (exact) mass is 293 g/mol. The maximum Gasteiger partial charge on any atom is 0.292 e. The lowest BCUT2D eigenvalue weighted by Gasteiger charge is -2.05. The van der Waals surface area contributed by atoms with Gasteiger partial charge in [0.05, 0.1) is 12.5 Å². The van der Waals surface area contributed by atoms with Gasteiger partial charge in [-0.3, -0.25) is 9.20 Å². The molecule has 0 bridgehead atoms. The van der Waals surface area contributed by atoms with Gasteiger partial charge in [-0.2, -0.15) is 0 Å². The van der Waals surface area contributed by atoms with Gasteiger partial charge in [0, 0.05) is 6.20 Å². The molecule has 0 aliphatic carbocycles. The van der Waals surface area contributed by atoms with E-state index in [0.29, 0.717) is 22.9 Å². The van der Waals surface area contributed by atoms with E-state index in [-0.39, 0.29) is 11.7 Å². The summed E-state index contributed by atoms with van der Waals surface area (Å²) in [5.74, 6) is 1.00. The van der Waals surface area contributed by atoms with E-state index >= 15 is 0 Å². The maximum absolute atomic E-state index is 12.3. The van der Waals surface area contributed by atoms with Gasteiger partial charge < -0.3 is 14.2 Å². The van der Waals surface area contributed by atoms with Crippen molar-refractivity contribution >= 4 is 17.4 Å². The number of pyridine rings is 1. The second-order valence-corrected chi connectivity index (χ2v) is 4.65. The second kappa shape index (κ2) is 4.92. The van der Waals surface area contributed by atoms with Crippen LogP contribution in [0.2, 0.25) is 0 Å². The van der Waals surface area contributed by atoms with Crippen molar-refractivity contribution in [3.63, 3.8) is 0 Å². The lowest BCUT2D eigenvalue weighted by molar-refractivity contribution is 0.0996. The molecular weight excluding hydrogens is 282 g/mol. The molecule has 1 amide bonds. The fourth-order valence-electron chi connectivity index (χ4n) is 2.28. The lowest BCUT2D eigenvalue weighted by atomic mass is 10.3. The molecule has 0 unspecified atom stereocenters. The highest BCUT2D eigenvalue weighted by Gasteiger charge is 2.19. The number of hydrogen-bond acceptors (Lipinski definition) is 4. The maximum atomic E-state index is 12.3. The van der Waals surface area contributed by atoms with Crippen molar-refractivity contribution in [3.8, 4) is 11.5 Å². The Morgan fingerprint density at radius 1 is 1.05 bits per heavy atom. The Bertz CT molecular complexity index is 921. The van der Waals surface area contributed by atoms with E-state index in [1.54, 1.807) is 34.9 Å². The van der Waals surface area contributed by atoms with Crippen LogP contribution < -0.4 is 5.32 Å². The van der Waals surface area contributed by atoms with E-state index < -0.39 is 0 Å². The average molecular weight is 293 g/mol. The largest absolute Gasteiger partial charge is 0.463 e. The van der Waals surface area contributed by atoms with Crippen molar-refractivity contribution in [1.82, 2.24) is 9.38 Å². The van der Waals surface area contributed by atoms with E-state index in [1.165, 1.54) is 6.26 Å². The van der Waals surface area contributed by atoms with Gasteiger partial charge in [0.15, 0.2) is 11.5 Å². The number of fused-ring (bicyclic) bond motifs is 1. The molecule has 6 heteroatoms. The molecule has 0 aliphatic heterocycles. The van der Waals surface area contributed by atoms with Crippen molar-refractivity contribution in [3.05, 3.63) is 66.9 Å². The van der Waals surface area contributed by atoms with Crippen molar-refractivity contribution in [2.45, 2.75) is 0 Å². The fourth-order valence-corrected chi connectivity index (χ4v) is 2.28. The number of rotatable bonds is 3. The quantitative estimate of drug-likeness (QED) is 0.628. The number of carbonyl (C=O) groups excluding carboxylic acids is 1. The fraction of sp³-hybridized carbons (Fsp3) is 0. The van der Waals surface area contributed by atoms with Crippen LogP contribution in [0.4, 0.5) is 5.82 Å². The molecule has 108 valence electrons. The third-order valence-electron chi connectivity index (χ3n) is 3.26. The summed E-state index contributed by atoms with van der Waals surface area (Å²) in [7, 11) is 0. The molecule has 4 aromatic heterocycles. The SMILES string of the molecule is O=C(Nc1c(-c2ccco2)nc2ccccn12)c1ccco1. The molecule has 0 saturated carbocycles. The summed E-state index contributed by atoms with van der Waals surface area (Å²) in [6.07, 6.45) is 4.85. The summed E-state index contributed by atoms with van der Waals surface area (Å²) >= 11 is 0. The number of aromatic nitrogens is 2. The van der Waals surface area contributed by atoms with Crippen LogP contribution in [0, 0.1) is 0 Å². The number of carbonyl (C=O) groups is 1. The molecular formula is C16H11N3O3. The minimum Gasteiger partial charge on any atom is -0.463 e. The second-order valence-electron chi connectivity index (χ2n) is 4.65. The number of hydrogen-bond donors (Lipinski definition) is 1. The predicted octanol–water partition coefficient (Wildman–Crippen LogP) is 3.44. The highest BCUT2D eigenvalue weighted by Crippen LogP contribution is 2.29. The zero-order valence-corrected chi connectivity index (χ0v) is 11.4. The van der Waals surface area contributed by atoms with Crippen LogP contribution in [-0.2, 0) is 0 Å². The normalized spacial score (nSPS) is 10.9. The first kappa shape index (κ1) is 12.5. The summed E-state index contributed by atoms with van der Waals surface area (Å²) in [5.41, 5.74) is 1.28. The van der Waals surface area contributed by atoms with Crippen LogP contribution in [0.25, 0.3) is 17.1 Å². The van der Waals surface area contributed by atoms with Gasteiger partial charge in [0.1, 0.15) is 17.2 Å². The Balaban J connectivity index is 1.84. The zero-order valence-electron chi connectivity index (χ0n) is 11.4. The summed E-state index contributed by atoms with van der Waals surface area (Å²) in [6.45, 7) is 0. The molecule has 0 spiro atoms. The molecule has 0 saturated heterocycles. The summed E-state index contributed by atoms with van der Waals surface area (Å²) < 4.78 is 12.3. The van der Waals surface area contributed by atoms with Crippen molar-refractivity contribution in [2.24, 2.45) is 0 Å². The first-order chi connectivity index (χ1) is 10.8. The number of nitrogens with one attached hydrogen (secondary N) is 1. The standard InChI is InChI=1S/C16H11N3O3/c20-16(12-6-4-10-22-12)18-15-14(11-5-3-9-21-11)17-13-7-1-2-8-19(13)15/h1-10H,(H,18,20). The minimum atomic E-state index is -0.344. The minimum absolute atomic E-state index is 0.233. The number of nitrogens with zero attached hydrogens (tertiary/aromatic N) is 2. The van der Waals surface area contributed by atoms with E-state index in [1.807, 2.05) is 24.4 Å². The van der Waals surface area contributed by atoms with Crippen LogP contribution in [0.5, 0.6) is 0 Å². The van der Waals surface area contributed by atoms with Crippen molar-refractivity contribution in [1.29, 1.82) is 0 Å². The molecule has 4 aromatic rings. The summed E-state index contributed by atoms with van der Waals surface area (Å²) in [6, 6.07) is 12.4. The zero-order chi connectivity index (χ0) is 14.9. The van der Waals surface area contributed by atoms with Crippen molar-refractivity contribution in [2.75, 3.05) is 5.32 Å². The van der Waals surface area contributed by atoms with Gasteiger partial charge in [-0.15, -0.1) is 0 Å². The van der Waals surface area contributed by atoms with Crippen LogP contribution >= 0.6 is 0 Å². The third-order valence-corrected chi connectivity index (χ3v) is 3.26. The van der Waals surface area contributed by atoms with Gasteiger partial charge in [0.25, 0.3) is 5.91 Å². The molecule has 0 radical (unpaired) electrons. The van der Waals surface area contributed by atoms with Gasteiger partial charge in [-0.1, -0.05) is 6.07 Å². The number of amides is 1. The number of furan rings is 2. The van der Waals surface area contributed by atoms with Gasteiger partial charge >= 0.3 is 0 Å². The molecule has 4 rings (SSSR count). The van der Waals surface area contributed by atoms with Crippen LogP contribution in [-0.4, -0.2) is 15.3 Å². The molecule has 6 nitrogen and oxygen atoms in total. The molecule has 0 fully saturated rings. The molecule has 0 aromatic carbocycles. The molecule has 4 heterocycles. The molecule has 1 N–H and O–H groups in total. The topological polar surface area (TPSA) is 72.7 Å². The highest BCUT2D eigenvalue weighted by molar-refractivity contribution is 6.03. The lowest BCUT2D eigenvalue weighted by Crippen LogP contribution is -2.13. The summed E-state index contributed by atoms with van der Waals surface area (Å²) in [4.78, 5) is 16.8. The van der Waals surface area contributed by atoms with Gasteiger partial charge in [-0.05, 0) is 36.4 Å². The Hall–Kier alpha value is -3.28. The molecule has 0 atom stereocenters. The Kier molecular flexibility index (Phi) is 2.79. The van der Waals surface area contributed by atoms with Gasteiger partial charge in [0.2, 0.25) is 0 Å². The Morgan fingerprint density at radius 2 is 1.91 bits per heavy atom. The highest BCUT2D eigenvalue weighted by atomic mass is 16.3. The van der Waals surface area contributed by atoms with Gasteiger partial charge in [-0.25, -0.2) is 4.98 Å². The number of anilines is 1. The molecule has 22 heavy (non-hydrogen) atoms. The van der Waals surface area contributed by atoms with E-state index in [9.17, 15) is 4.79 Å². The van der Waals surface area contributed by atoms with E-state index in [4.69, 9.17) is 8.83 Å². The Morgan fingerprint density at radius 3 is 2.68 bits per heavy atom. The Labute approximate surface area is 125 Å². The first-order valence-electron chi connectivity index (χ1n) is 6.69. The number of imidazole rings is 1.